The third kappa shape index (κ3) is 3.86. The molecule has 3 nitrogen and oxygen atoms in total. The summed E-state index contributed by atoms with van der Waals surface area (Å²) in [4.78, 5) is 14.4. The molecule has 5 heteroatoms. The quantitative estimate of drug-likeness (QED) is 0.633. The second-order valence-corrected chi connectivity index (χ2v) is 5.51. The van der Waals surface area contributed by atoms with E-state index in [2.05, 4.69) is 4.90 Å². The van der Waals surface area contributed by atoms with Crippen LogP contribution in [-0.4, -0.2) is 32.1 Å². The molecule has 2 aromatic rings. The Morgan fingerprint density at radius 2 is 1.75 bits per heavy atom. The van der Waals surface area contributed by atoms with Crippen molar-refractivity contribution < 1.29 is 18.3 Å². The van der Waals surface area contributed by atoms with Crippen LogP contribution >= 0.6 is 0 Å². The lowest BCUT2D eigenvalue weighted by Crippen LogP contribution is -2.36. The largest absolute Gasteiger partial charge is 0.378 e. The molecule has 1 aliphatic heterocycles. The molecule has 2 aromatic carbocycles. The van der Waals surface area contributed by atoms with E-state index in [1.165, 1.54) is 12.2 Å². The lowest BCUT2D eigenvalue weighted by Gasteiger charge is -2.28. The number of morpholine rings is 1. The summed E-state index contributed by atoms with van der Waals surface area (Å²) in [6.45, 7) is 3.04. The summed E-state index contributed by atoms with van der Waals surface area (Å²) in [5.41, 5.74) is 1.59. The summed E-state index contributed by atoms with van der Waals surface area (Å²) in [7, 11) is 0. The van der Waals surface area contributed by atoms with Crippen molar-refractivity contribution in [3.05, 3.63) is 71.3 Å². The first-order valence-corrected chi connectivity index (χ1v) is 7.74. The van der Waals surface area contributed by atoms with E-state index in [-0.39, 0.29) is 11.3 Å². The van der Waals surface area contributed by atoms with Crippen LogP contribution in [0.25, 0.3) is 6.08 Å². The van der Waals surface area contributed by atoms with Crippen LogP contribution in [0.3, 0.4) is 0 Å². The van der Waals surface area contributed by atoms with Crippen molar-refractivity contribution in [3.63, 3.8) is 0 Å². The molecule has 1 aliphatic rings. The molecule has 0 unspecified atom stereocenters. The normalized spacial score (nSPS) is 15.0. The Hall–Kier alpha value is -2.53. The minimum Gasteiger partial charge on any atom is -0.378 e. The molecule has 0 aromatic heterocycles. The first-order valence-electron chi connectivity index (χ1n) is 7.74. The Morgan fingerprint density at radius 3 is 2.46 bits per heavy atom. The van der Waals surface area contributed by atoms with E-state index in [0.29, 0.717) is 18.8 Å². The molecule has 0 bridgehead atoms. The van der Waals surface area contributed by atoms with Crippen LogP contribution in [0.4, 0.5) is 14.5 Å². The van der Waals surface area contributed by atoms with Crippen molar-refractivity contribution in [2.24, 2.45) is 0 Å². The molecule has 24 heavy (non-hydrogen) atoms. The minimum atomic E-state index is -0.567. The van der Waals surface area contributed by atoms with Gasteiger partial charge in [0.1, 0.15) is 11.6 Å². The van der Waals surface area contributed by atoms with Crippen LogP contribution in [-0.2, 0) is 4.74 Å². The maximum atomic E-state index is 13.5. The molecule has 0 saturated carbocycles. The summed E-state index contributed by atoms with van der Waals surface area (Å²) in [6, 6.07) is 10.4. The van der Waals surface area contributed by atoms with Crippen molar-refractivity contribution >= 4 is 17.5 Å². The van der Waals surface area contributed by atoms with Gasteiger partial charge in [0, 0.05) is 29.9 Å². The van der Waals surface area contributed by atoms with E-state index in [0.717, 1.165) is 37.0 Å². The smallest absolute Gasteiger partial charge is 0.185 e. The minimum absolute atomic E-state index is 0.0493. The lowest BCUT2D eigenvalue weighted by atomic mass is 10.1. The van der Waals surface area contributed by atoms with Gasteiger partial charge in [-0.3, -0.25) is 4.79 Å². The SMILES string of the molecule is O=C(/C=C/c1cc(F)ccc1F)c1ccc(N2CCOCC2)cc1. The monoisotopic (exact) mass is 329 g/mol. The average molecular weight is 329 g/mol. The van der Waals surface area contributed by atoms with Gasteiger partial charge in [0.2, 0.25) is 0 Å². The second-order valence-electron chi connectivity index (χ2n) is 5.51. The number of carbonyl (C=O) groups is 1. The number of anilines is 1. The fraction of sp³-hybridized carbons (Fsp3) is 0.211. The van der Waals surface area contributed by atoms with Crippen LogP contribution < -0.4 is 4.90 Å². The molecule has 0 aliphatic carbocycles. The Labute approximate surface area is 139 Å². The molecule has 0 spiro atoms. The third-order valence-corrected chi connectivity index (χ3v) is 3.90. The molecular formula is C19H17F2NO2. The summed E-state index contributed by atoms with van der Waals surface area (Å²) in [5.74, 6) is -1.37. The first-order chi connectivity index (χ1) is 11.6. The average Bonchev–Trinajstić information content (AvgIpc) is 2.63. The zero-order chi connectivity index (χ0) is 16.9. The van der Waals surface area contributed by atoms with E-state index in [1.54, 1.807) is 12.1 Å². The van der Waals surface area contributed by atoms with Crippen LogP contribution in [0.1, 0.15) is 15.9 Å². The predicted octanol–water partition coefficient (Wildman–Crippen LogP) is 3.70. The third-order valence-electron chi connectivity index (χ3n) is 3.90. The molecule has 0 radical (unpaired) electrons. The first kappa shape index (κ1) is 16.3. The zero-order valence-electron chi connectivity index (χ0n) is 13.0. The number of hydrogen-bond acceptors (Lipinski definition) is 3. The zero-order valence-corrected chi connectivity index (χ0v) is 13.0. The van der Waals surface area contributed by atoms with Crippen LogP contribution in [0, 0.1) is 11.6 Å². The molecule has 1 fully saturated rings. The Morgan fingerprint density at radius 1 is 1.04 bits per heavy atom. The molecule has 1 heterocycles. The number of rotatable bonds is 4. The van der Waals surface area contributed by atoms with E-state index >= 15 is 0 Å². The highest BCUT2D eigenvalue weighted by Crippen LogP contribution is 2.18. The fourth-order valence-corrected chi connectivity index (χ4v) is 2.56. The standard InChI is InChI=1S/C19H17F2NO2/c20-16-4-7-18(21)15(13-16)3-8-19(23)14-1-5-17(6-2-14)22-9-11-24-12-10-22/h1-8,13H,9-12H2/b8-3+. The number of ketones is 1. The van der Waals surface area contributed by atoms with Gasteiger partial charge in [0.05, 0.1) is 13.2 Å². The van der Waals surface area contributed by atoms with Gasteiger partial charge >= 0.3 is 0 Å². The van der Waals surface area contributed by atoms with Crippen molar-refractivity contribution in [1.82, 2.24) is 0 Å². The van der Waals surface area contributed by atoms with E-state index in [1.807, 2.05) is 12.1 Å². The van der Waals surface area contributed by atoms with Gasteiger partial charge in [-0.1, -0.05) is 0 Å². The second kappa shape index (κ2) is 7.36. The molecule has 0 atom stereocenters. The highest BCUT2D eigenvalue weighted by atomic mass is 19.1. The van der Waals surface area contributed by atoms with E-state index < -0.39 is 11.6 Å². The Bertz CT molecular complexity index is 750. The lowest BCUT2D eigenvalue weighted by molar-refractivity contribution is 0.104. The summed E-state index contributed by atoms with van der Waals surface area (Å²) in [6.07, 6.45) is 2.54. The van der Waals surface area contributed by atoms with Crippen molar-refractivity contribution in [1.29, 1.82) is 0 Å². The molecule has 124 valence electrons. The topological polar surface area (TPSA) is 29.5 Å². The van der Waals surface area contributed by atoms with Crippen LogP contribution in [0.15, 0.2) is 48.5 Å². The van der Waals surface area contributed by atoms with Gasteiger partial charge < -0.3 is 9.64 Å². The Balaban J connectivity index is 1.70. The number of ether oxygens (including phenoxy) is 1. The number of nitrogens with zero attached hydrogens (tertiary/aromatic N) is 1. The maximum Gasteiger partial charge on any atom is 0.185 e. The number of allylic oxidation sites excluding steroid dienone is 1. The summed E-state index contributed by atoms with van der Waals surface area (Å²) < 4.78 is 32.0. The number of carbonyl (C=O) groups excluding carboxylic acids is 1. The predicted molar refractivity (Wildman–Crippen MR) is 89.2 cm³/mol. The van der Waals surface area contributed by atoms with Crippen molar-refractivity contribution in [2.45, 2.75) is 0 Å². The number of hydrogen-bond donors (Lipinski definition) is 0. The summed E-state index contributed by atoms with van der Waals surface area (Å²) in [5, 5.41) is 0. The molecule has 1 saturated heterocycles. The van der Waals surface area contributed by atoms with Crippen LogP contribution in [0.5, 0.6) is 0 Å². The van der Waals surface area contributed by atoms with Gasteiger partial charge in [0.25, 0.3) is 0 Å². The van der Waals surface area contributed by atoms with Gasteiger partial charge in [-0.25, -0.2) is 8.78 Å². The van der Waals surface area contributed by atoms with Gasteiger partial charge in [-0.15, -0.1) is 0 Å². The fourth-order valence-electron chi connectivity index (χ4n) is 2.56. The van der Waals surface area contributed by atoms with Crippen LogP contribution in [0.2, 0.25) is 0 Å². The Kier molecular flexibility index (Phi) is 5.01. The maximum absolute atomic E-state index is 13.5. The molecule has 3 rings (SSSR count). The number of benzene rings is 2. The number of halogens is 2. The highest BCUT2D eigenvalue weighted by Gasteiger charge is 2.11. The highest BCUT2D eigenvalue weighted by molar-refractivity contribution is 6.07. The van der Waals surface area contributed by atoms with Gasteiger partial charge in [-0.05, 0) is 54.6 Å². The van der Waals surface area contributed by atoms with Crippen molar-refractivity contribution in [3.8, 4) is 0 Å². The molecule has 0 N–H and O–H groups in total. The summed E-state index contributed by atoms with van der Waals surface area (Å²) >= 11 is 0. The van der Waals surface area contributed by atoms with E-state index in [9.17, 15) is 13.6 Å². The molecular weight excluding hydrogens is 312 g/mol. The van der Waals surface area contributed by atoms with Gasteiger partial charge in [0.15, 0.2) is 5.78 Å². The van der Waals surface area contributed by atoms with Gasteiger partial charge in [-0.2, -0.15) is 0 Å². The van der Waals surface area contributed by atoms with Crippen molar-refractivity contribution in [2.75, 3.05) is 31.2 Å². The molecule has 0 amide bonds. The van der Waals surface area contributed by atoms with E-state index in [4.69, 9.17) is 4.74 Å².